The van der Waals surface area contributed by atoms with E-state index in [1.165, 1.54) is 0 Å². The van der Waals surface area contributed by atoms with Crippen LogP contribution in [0.5, 0.6) is 5.88 Å². The number of fused-ring (bicyclic) bond motifs is 1. The van der Waals surface area contributed by atoms with Gasteiger partial charge in [-0.25, -0.2) is 4.98 Å². The molecule has 4 rings (SSSR count). The van der Waals surface area contributed by atoms with Gasteiger partial charge in [0.15, 0.2) is 0 Å². The molecule has 0 aromatic carbocycles. The number of carbonyl (C=O) groups excluding carboxylic acids is 1. The minimum Gasteiger partial charge on any atom is -0.476 e. The number of nitrogens with zero attached hydrogens (tertiary/aromatic N) is 3. The number of morpholine rings is 1. The van der Waals surface area contributed by atoms with Crippen LogP contribution in [0.15, 0.2) is 36.7 Å². The molecule has 27 heavy (non-hydrogen) atoms. The lowest BCUT2D eigenvalue weighted by Crippen LogP contribution is -2.44. The predicted octanol–water partition coefficient (Wildman–Crippen LogP) is 1.45. The lowest BCUT2D eigenvalue weighted by atomic mass is 10.0. The molecular formula is C20H24N4O3. The predicted molar refractivity (Wildman–Crippen MR) is 99.6 cm³/mol. The quantitative estimate of drug-likeness (QED) is 0.861. The highest BCUT2D eigenvalue weighted by atomic mass is 16.5. The molecule has 1 amide bonds. The number of aryl methyl sites for hydroxylation is 1. The molecule has 0 saturated carbocycles. The summed E-state index contributed by atoms with van der Waals surface area (Å²) in [6, 6.07) is 7.91. The van der Waals surface area contributed by atoms with Crippen LogP contribution < -0.4 is 10.1 Å². The van der Waals surface area contributed by atoms with Gasteiger partial charge in [0.2, 0.25) is 11.8 Å². The molecule has 1 saturated heterocycles. The first-order chi connectivity index (χ1) is 13.2. The zero-order valence-corrected chi connectivity index (χ0v) is 15.4. The monoisotopic (exact) mass is 368 g/mol. The number of ether oxygens (including phenoxy) is 2. The number of hydrogen-bond donors (Lipinski definition) is 1. The third-order valence-corrected chi connectivity index (χ3v) is 5.15. The molecule has 4 heterocycles. The fourth-order valence-electron chi connectivity index (χ4n) is 3.60. The van der Waals surface area contributed by atoms with Crippen molar-refractivity contribution in [3.05, 3.63) is 53.5 Å². The second-order valence-corrected chi connectivity index (χ2v) is 6.90. The highest BCUT2D eigenvalue weighted by molar-refractivity contribution is 5.85. The Morgan fingerprint density at radius 1 is 1.30 bits per heavy atom. The van der Waals surface area contributed by atoms with Gasteiger partial charge >= 0.3 is 0 Å². The molecule has 2 aliphatic rings. The van der Waals surface area contributed by atoms with Crippen LogP contribution in [-0.4, -0.2) is 60.2 Å². The fraction of sp³-hybridized carbons (Fsp3) is 0.450. The summed E-state index contributed by atoms with van der Waals surface area (Å²) in [6.45, 7) is 5.93. The van der Waals surface area contributed by atoms with Crippen LogP contribution in [0, 0.1) is 6.92 Å². The van der Waals surface area contributed by atoms with E-state index in [4.69, 9.17) is 9.47 Å². The number of amides is 1. The minimum absolute atomic E-state index is 0.0277. The molecular weight excluding hydrogens is 344 g/mol. The zero-order chi connectivity index (χ0) is 18.6. The Hall–Kier alpha value is -2.51. The first-order valence-electron chi connectivity index (χ1n) is 9.32. The average molecular weight is 368 g/mol. The Morgan fingerprint density at radius 3 is 2.93 bits per heavy atom. The van der Waals surface area contributed by atoms with Crippen molar-refractivity contribution in [2.24, 2.45) is 0 Å². The number of carbonyl (C=O) groups is 1. The summed E-state index contributed by atoms with van der Waals surface area (Å²) in [5.41, 5.74) is 2.94. The van der Waals surface area contributed by atoms with E-state index in [9.17, 15) is 4.79 Å². The summed E-state index contributed by atoms with van der Waals surface area (Å²) in [5, 5.41) is 3.12. The van der Waals surface area contributed by atoms with Crippen molar-refractivity contribution >= 4 is 5.91 Å². The molecule has 2 aromatic heterocycles. The normalized spacial score (nSPS) is 20.6. The topological polar surface area (TPSA) is 76.6 Å². The summed E-state index contributed by atoms with van der Waals surface area (Å²) in [6.07, 6.45) is 3.58. The molecule has 1 N–H and O–H groups in total. The van der Waals surface area contributed by atoms with Crippen LogP contribution >= 0.6 is 0 Å². The summed E-state index contributed by atoms with van der Waals surface area (Å²) in [7, 11) is 0. The van der Waals surface area contributed by atoms with E-state index >= 15 is 0 Å². The lowest BCUT2D eigenvalue weighted by Gasteiger charge is -2.35. The van der Waals surface area contributed by atoms with Crippen molar-refractivity contribution in [2.45, 2.75) is 18.9 Å². The lowest BCUT2D eigenvalue weighted by molar-refractivity contribution is -0.123. The van der Waals surface area contributed by atoms with Gasteiger partial charge in [0, 0.05) is 43.3 Å². The van der Waals surface area contributed by atoms with Gasteiger partial charge in [-0.15, -0.1) is 0 Å². The molecule has 2 atom stereocenters. The molecule has 2 unspecified atom stereocenters. The Bertz CT molecular complexity index is 790. The van der Waals surface area contributed by atoms with Crippen LogP contribution in [0.3, 0.4) is 0 Å². The van der Waals surface area contributed by atoms with Crippen molar-refractivity contribution in [3.63, 3.8) is 0 Å². The molecule has 142 valence electrons. The van der Waals surface area contributed by atoms with Crippen molar-refractivity contribution < 1.29 is 14.3 Å². The Morgan fingerprint density at radius 2 is 2.15 bits per heavy atom. The molecule has 1 fully saturated rings. The minimum atomic E-state index is -0.310. The molecule has 0 spiro atoms. The summed E-state index contributed by atoms with van der Waals surface area (Å²) >= 11 is 0. The SMILES string of the molecule is Cc1ccc(C(CNC(=O)C2COc3ncccc32)N2CCOCC2)cn1. The second kappa shape index (κ2) is 8.02. The number of hydrogen-bond acceptors (Lipinski definition) is 6. The first-order valence-corrected chi connectivity index (χ1v) is 9.32. The van der Waals surface area contributed by atoms with E-state index in [1.54, 1.807) is 6.20 Å². The van der Waals surface area contributed by atoms with Crippen LogP contribution in [-0.2, 0) is 9.53 Å². The maximum Gasteiger partial charge on any atom is 0.231 e. The molecule has 0 radical (unpaired) electrons. The maximum absolute atomic E-state index is 12.8. The molecule has 2 aromatic rings. The van der Waals surface area contributed by atoms with Crippen LogP contribution in [0.25, 0.3) is 0 Å². The van der Waals surface area contributed by atoms with E-state index in [1.807, 2.05) is 31.3 Å². The Balaban J connectivity index is 1.47. The highest BCUT2D eigenvalue weighted by Gasteiger charge is 2.32. The van der Waals surface area contributed by atoms with Gasteiger partial charge in [0.05, 0.1) is 19.3 Å². The van der Waals surface area contributed by atoms with Gasteiger partial charge in [-0.1, -0.05) is 12.1 Å². The van der Waals surface area contributed by atoms with Gasteiger partial charge in [0.1, 0.15) is 12.5 Å². The summed E-state index contributed by atoms with van der Waals surface area (Å²) in [5.74, 6) is 0.223. The van der Waals surface area contributed by atoms with Crippen molar-refractivity contribution in [2.75, 3.05) is 39.5 Å². The highest BCUT2D eigenvalue weighted by Crippen LogP contribution is 2.31. The van der Waals surface area contributed by atoms with Crippen LogP contribution in [0.4, 0.5) is 0 Å². The standard InChI is InChI=1S/C20H24N4O3/c1-14-4-5-15(11-22-14)18(24-7-9-26-10-8-24)12-23-19(25)17-13-27-20-16(17)3-2-6-21-20/h2-6,11,17-18H,7-10,12-13H2,1H3,(H,23,25). The van der Waals surface area contributed by atoms with Crippen molar-refractivity contribution in [1.82, 2.24) is 20.2 Å². The number of aromatic nitrogens is 2. The van der Waals surface area contributed by atoms with Gasteiger partial charge in [-0.05, 0) is 24.6 Å². The van der Waals surface area contributed by atoms with Gasteiger partial charge < -0.3 is 14.8 Å². The number of nitrogens with one attached hydrogen (secondary N) is 1. The molecule has 0 bridgehead atoms. The van der Waals surface area contributed by atoms with Crippen molar-refractivity contribution in [1.29, 1.82) is 0 Å². The Kier molecular flexibility index (Phi) is 5.31. The largest absolute Gasteiger partial charge is 0.476 e. The molecule has 2 aliphatic heterocycles. The Labute approximate surface area is 158 Å². The van der Waals surface area contributed by atoms with E-state index in [0.29, 0.717) is 32.2 Å². The average Bonchev–Trinajstić information content (AvgIpc) is 3.14. The smallest absolute Gasteiger partial charge is 0.231 e. The zero-order valence-electron chi connectivity index (χ0n) is 15.4. The molecule has 0 aliphatic carbocycles. The first kappa shape index (κ1) is 17.9. The molecule has 7 heteroatoms. The van der Waals surface area contributed by atoms with Crippen LogP contribution in [0.2, 0.25) is 0 Å². The van der Waals surface area contributed by atoms with E-state index in [0.717, 1.165) is 29.9 Å². The fourth-order valence-corrected chi connectivity index (χ4v) is 3.60. The summed E-state index contributed by atoms with van der Waals surface area (Å²) in [4.78, 5) is 23.8. The van der Waals surface area contributed by atoms with Gasteiger partial charge in [-0.2, -0.15) is 0 Å². The van der Waals surface area contributed by atoms with E-state index in [2.05, 4.69) is 26.3 Å². The third-order valence-electron chi connectivity index (χ3n) is 5.15. The maximum atomic E-state index is 12.8. The van der Waals surface area contributed by atoms with Crippen LogP contribution in [0.1, 0.15) is 28.8 Å². The number of rotatable bonds is 5. The number of pyridine rings is 2. The molecule has 7 nitrogen and oxygen atoms in total. The van der Waals surface area contributed by atoms with E-state index in [-0.39, 0.29) is 17.9 Å². The van der Waals surface area contributed by atoms with Gasteiger partial charge in [0.25, 0.3) is 0 Å². The van der Waals surface area contributed by atoms with Crippen molar-refractivity contribution in [3.8, 4) is 5.88 Å². The van der Waals surface area contributed by atoms with E-state index < -0.39 is 0 Å². The third kappa shape index (κ3) is 3.94. The summed E-state index contributed by atoms with van der Waals surface area (Å²) < 4.78 is 11.0. The second-order valence-electron chi connectivity index (χ2n) is 6.90. The van der Waals surface area contributed by atoms with Gasteiger partial charge in [-0.3, -0.25) is 14.7 Å².